The summed E-state index contributed by atoms with van der Waals surface area (Å²) in [6.07, 6.45) is 0.652. The number of non-ortho nitro benzene ring substituents is 1. The summed E-state index contributed by atoms with van der Waals surface area (Å²) in [5.74, 6) is 1.76. The van der Waals surface area contributed by atoms with E-state index in [2.05, 4.69) is 10.3 Å². The fourth-order valence-electron chi connectivity index (χ4n) is 2.72. The Kier molecular flexibility index (Phi) is 5.94. The number of hydrogen-bond acceptors (Lipinski definition) is 8. The van der Waals surface area contributed by atoms with Gasteiger partial charge in [-0.3, -0.25) is 10.1 Å². The number of nitro groups is 1. The minimum atomic E-state index is -0.485. The van der Waals surface area contributed by atoms with Gasteiger partial charge in [0.1, 0.15) is 6.07 Å². The van der Waals surface area contributed by atoms with Crippen molar-refractivity contribution in [3.05, 3.63) is 63.8 Å². The summed E-state index contributed by atoms with van der Waals surface area (Å²) < 4.78 is 16.2. The molecule has 3 aromatic rings. The highest BCUT2D eigenvalue weighted by atomic mass is 16.6. The molecule has 0 spiro atoms. The summed E-state index contributed by atoms with van der Waals surface area (Å²) in [6.45, 7) is 0.499. The zero-order valence-corrected chi connectivity index (χ0v) is 15.8. The minimum absolute atomic E-state index is 0.0333. The lowest BCUT2D eigenvalue weighted by Crippen LogP contribution is -2.05. The Hall–Kier alpha value is -4.06. The molecule has 0 amide bonds. The van der Waals surface area contributed by atoms with Gasteiger partial charge in [-0.05, 0) is 36.2 Å². The van der Waals surface area contributed by atoms with Crippen LogP contribution in [0.15, 0.2) is 46.9 Å². The maximum absolute atomic E-state index is 10.8. The van der Waals surface area contributed by atoms with E-state index in [-0.39, 0.29) is 23.2 Å². The Morgan fingerprint density at radius 3 is 2.52 bits per heavy atom. The van der Waals surface area contributed by atoms with E-state index >= 15 is 0 Å². The van der Waals surface area contributed by atoms with Crippen LogP contribution in [0.5, 0.6) is 11.5 Å². The van der Waals surface area contributed by atoms with Crippen molar-refractivity contribution in [1.82, 2.24) is 4.98 Å². The monoisotopic (exact) mass is 394 g/mol. The van der Waals surface area contributed by atoms with Gasteiger partial charge in [-0.2, -0.15) is 10.2 Å². The largest absolute Gasteiger partial charge is 0.493 e. The van der Waals surface area contributed by atoms with Gasteiger partial charge in [0.2, 0.25) is 17.5 Å². The Labute approximate surface area is 166 Å². The van der Waals surface area contributed by atoms with E-state index in [9.17, 15) is 15.4 Å². The first-order valence-corrected chi connectivity index (χ1v) is 8.66. The van der Waals surface area contributed by atoms with Gasteiger partial charge in [-0.15, -0.1) is 0 Å². The van der Waals surface area contributed by atoms with Crippen LogP contribution in [0.25, 0.3) is 11.5 Å². The molecule has 1 aromatic heterocycles. The second kappa shape index (κ2) is 8.75. The number of nitriles is 1. The van der Waals surface area contributed by atoms with Crippen LogP contribution in [-0.4, -0.2) is 30.7 Å². The van der Waals surface area contributed by atoms with Gasteiger partial charge in [-0.1, -0.05) is 6.07 Å². The molecular formula is C20H18N4O5. The average Bonchev–Trinajstić information content (AvgIpc) is 3.16. The molecule has 3 rings (SSSR count). The molecule has 0 saturated carbocycles. The van der Waals surface area contributed by atoms with Crippen molar-refractivity contribution in [1.29, 1.82) is 5.26 Å². The zero-order chi connectivity index (χ0) is 20.8. The number of nitro benzene ring substituents is 1. The number of anilines is 1. The van der Waals surface area contributed by atoms with Crippen molar-refractivity contribution in [3.63, 3.8) is 0 Å². The van der Waals surface area contributed by atoms with Crippen molar-refractivity contribution in [2.75, 3.05) is 26.1 Å². The van der Waals surface area contributed by atoms with Crippen LogP contribution in [-0.2, 0) is 6.42 Å². The lowest BCUT2D eigenvalue weighted by molar-refractivity contribution is -0.384. The maximum atomic E-state index is 10.8. The molecule has 0 radical (unpaired) electrons. The van der Waals surface area contributed by atoms with Gasteiger partial charge in [0.25, 0.3) is 5.69 Å². The summed E-state index contributed by atoms with van der Waals surface area (Å²) in [5, 5.41) is 23.1. The minimum Gasteiger partial charge on any atom is -0.493 e. The quantitative estimate of drug-likeness (QED) is 0.452. The van der Waals surface area contributed by atoms with Crippen LogP contribution >= 0.6 is 0 Å². The summed E-state index contributed by atoms with van der Waals surface area (Å²) in [6, 6.07) is 13.4. The lowest BCUT2D eigenvalue weighted by Gasteiger charge is -2.09. The van der Waals surface area contributed by atoms with E-state index in [1.54, 1.807) is 14.2 Å². The highest BCUT2D eigenvalue weighted by Gasteiger charge is 2.15. The van der Waals surface area contributed by atoms with E-state index in [0.717, 1.165) is 5.56 Å². The number of nitrogens with one attached hydrogen (secondary N) is 1. The zero-order valence-electron chi connectivity index (χ0n) is 15.8. The topological polar surface area (TPSA) is 123 Å². The molecule has 0 aliphatic carbocycles. The molecule has 0 aliphatic rings. The van der Waals surface area contributed by atoms with Crippen LogP contribution in [0.2, 0.25) is 0 Å². The number of nitrogens with zero attached hydrogens (tertiary/aromatic N) is 3. The third-order valence-corrected chi connectivity index (χ3v) is 4.21. The van der Waals surface area contributed by atoms with Gasteiger partial charge in [0.15, 0.2) is 11.5 Å². The van der Waals surface area contributed by atoms with Crippen LogP contribution < -0.4 is 14.8 Å². The van der Waals surface area contributed by atoms with Gasteiger partial charge in [0.05, 0.1) is 19.1 Å². The van der Waals surface area contributed by atoms with E-state index in [0.29, 0.717) is 30.0 Å². The Morgan fingerprint density at radius 2 is 1.90 bits per heavy atom. The summed E-state index contributed by atoms with van der Waals surface area (Å²) >= 11 is 0. The number of ether oxygens (including phenoxy) is 2. The molecule has 0 saturated heterocycles. The molecule has 0 bridgehead atoms. The molecular weight excluding hydrogens is 376 g/mol. The number of benzene rings is 2. The van der Waals surface area contributed by atoms with E-state index in [1.807, 2.05) is 24.3 Å². The Balaban J connectivity index is 1.70. The molecule has 148 valence electrons. The fraction of sp³-hybridized carbons (Fsp3) is 0.200. The van der Waals surface area contributed by atoms with Gasteiger partial charge in [0, 0.05) is 24.2 Å². The number of aromatic nitrogens is 1. The first kappa shape index (κ1) is 19.7. The summed E-state index contributed by atoms with van der Waals surface area (Å²) in [4.78, 5) is 14.4. The van der Waals surface area contributed by atoms with Gasteiger partial charge < -0.3 is 19.2 Å². The first-order chi connectivity index (χ1) is 14.0. The number of oxazole rings is 1. The molecule has 9 heteroatoms. The lowest BCUT2D eigenvalue weighted by atomic mass is 10.1. The Morgan fingerprint density at radius 1 is 1.17 bits per heavy atom. The fourth-order valence-corrected chi connectivity index (χ4v) is 2.72. The van der Waals surface area contributed by atoms with E-state index in [1.165, 1.54) is 24.3 Å². The summed E-state index contributed by atoms with van der Waals surface area (Å²) in [5.41, 5.74) is 1.64. The smallest absolute Gasteiger partial charge is 0.269 e. The molecule has 29 heavy (non-hydrogen) atoms. The Bertz CT molecular complexity index is 1050. The first-order valence-electron chi connectivity index (χ1n) is 8.66. The van der Waals surface area contributed by atoms with E-state index < -0.39 is 4.92 Å². The maximum Gasteiger partial charge on any atom is 0.269 e. The SMILES string of the molecule is COc1ccc(CCNc2oc(-c3ccc([N+](=O)[O-])cc3)nc2C#N)cc1OC. The number of rotatable bonds is 8. The molecule has 9 nitrogen and oxygen atoms in total. The molecule has 0 unspecified atom stereocenters. The highest BCUT2D eigenvalue weighted by Crippen LogP contribution is 2.29. The van der Waals surface area contributed by atoms with Gasteiger partial charge >= 0.3 is 0 Å². The predicted octanol–water partition coefficient (Wildman–Crippen LogP) is 3.79. The average molecular weight is 394 g/mol. The summed E-state index contributed by atoms with van der Waals surface area (Å²) in [7, 11) is 3.16. The van der Waals surface area contributed by atoms with Crippen LogP contribution in [0.4, 0.5) is 11.6 Å². The molecule has 0 atom stereocenters. The number of hydrogen-bond donors (Lipinski definition) is 1. The van der Waals surface area contributed by atoms with Crippen molar-refractivity contribution >= 4 is 11.6 Å². The standard InChI is InChI=1S/C20H18N4O5/c1-27-17-8-3-13(11-18(17)28-2)9-10-22-20-16(12-21)23-19(29-20)14-4-6-15(7-5-14)24(25)26/h3-8,11,22H,9-10H2,1-2H3. The molecule has 0 fully saturated rings. The highest BCUT2D eigenvalue weighted by molar-refractivity contribution is 5.60. The van der Waals surface area contributed by atoms with E-state index in [4.69, 9.17) is 13.9 Å². The third kappa shape index (κ3) is 4.44. The van der Waals surface area contributed by atoms with Crippen LogP contribution in [0.1, 0.15) is 11.3 Å². The molecule has 1 heterocycles. The van der Waals surface area contributed by atoms with Gasteiger partial charge in [-0.25, -0.2) is 0 Å². The van der Waals surface area contributed by atoms with Crippen LogP contribution in [0, 0.1) is 21.4 Å². The second-order valence-electron chi connectivity index (χ2n) is 5.98. The van der Waals surface area contributed by atoms with Crippen molar-refractivity contribution < 1.29 is 18.8 Å². The van der Waals surface area contributed by atoms with Crippen LogP contribution in [0.3, 0.4) is 0 Å². The third-order valence-electron chi connectivity index (χ3n) is 4.21. The normalized spacial score (nSPS) is 10.2. The molecule has 1 N–H and O–H groups in total. The van der Waals surface area contributed by atoms with Crippen molar-refractivity contribution in [2.24, 2.45) is 0 Å². The second-order valence-corrected chi connectivity index (χ2v) is 5.98. The molecule has 2 aromatic carbocycles. The molecule has 0 aliphatic heterocycles. The van der Waals surface area contributed by atoms with Crippen molar-refractivity contribution in [2.45, 2.75) is 6.42 Å². The van der Waals surface area contributed by atoms with Crippen molar-refractivity contribution in [3.8, 4) is 29.0 Å². The predicted molar refractivity (Wildman–Crippen MR) is 105 cm³/mol. The number of methoxy groups -OCH3 is 2.